The molecular weight excluding hydrogens is 961 g/mol. The van der Waals surface area contributed by atoms with Gasteiger partial charge in [-0.15, -0.1) is 0 Å². The number of carbonyl (C=O) groups excluding carboxylic acids is 3. The van der Waals surface area contributed by atoms with E-state index in [1.807, 2.05) is 0 Å². The molecule has 0 amide bonds. The first-order valence-electron chi connectivity index (χ1n) is 33.2. The van der Waals surface area contributed by atoms with Crippen molar-refractivity contribution in [2.24, 2.45) is 0 Å². The number of hydrogen-bond acceptors (Lipinski definition) is 6. The summed E-state index contributed by atoms with van der Waals surface area (Å²) in [7, 11) is 0. The summed E-state index contributed by atoms with van der Waals surface area (Å²) < 4.78 is 16.9. The lowest BCUT2D eigenvalue weighted by molar-refractivity contribution is -0.167. The van der Waals surface area contributed by atoms with Gasteiger partial charge in [0.1, 0.15) is 13.2 Å². The molecule has 0 fully saturated rings. The van der Waals surface area contributed by atoms with Gasteiger partial charge in [-0.3, -0.25) is 14.4 Å². The van der Waals surface area contributed by atoms with Gasteiger partial charge in [0.05, 0.1) is 0 Å². The van der Waals surface area contributed by atoms with Crippen LogP contribution in [0.3, 0.4) is 0 Å². The van der Waals surface area contributed by atoms with Crippen molar-refractivity contribution in [2.75, 3.05) is 13.2 Å². The molecule has 6 heteroatoms. The molecule has 0 aromatic heterocycles. The summed E-state index contributed by atoms with van der Waals surface area (Å²) in [6.07, 6.45) is 88.5. The van der Waals surface area contributed by atoms with Crippen LogP contribution in [0.1, 0.15) is 323 Å². The summed E-state index contributed by atoms with van der Waals surface area (Å²) in [4.78, 5) is 38.3. The molecule has 0 aliphatic carbocycles. The molecule has 0 saturated heterocycles. The van der Waals surface area contributed by atoms with Gasteiger partial charge in [-0.2, -0.15) is 0 Å². The highest BCUT2D eigenvalue weighted by atomic mass is 16.6. The van der Waals surface area contributed by atoms with Crippen LogP contribution in [0.15, 0.2) is 97.2 Å². The second kappa shape index (κ2) is 65.8. The van der Waals surface area contributed by atoms with E-state index in [9.17, 15) is 14.4 Å². The largest absolute Gasteiger partial charge is 0.462 e. The summed E-state index contributed by atoms with van der Waals surface area (Å²) in [6.45, 7) is 6.53. The molecule has 0 spiro atoms. The van der Waals surface area contributed by atoms with Crippen molar-refractivity contribution in [1.82, 2.24) is 0 Å². The van der Waals surface area contributed by atoms with Crippen LogP contribution in [0.25, 0.3) is 0 Å². The van der Waals surface area contributed by atoms with E-state index >= 15 is 0 Å². The molecule has 1 atom stereocenters. The normalized spacial score (nSPS) is 12.7. The summed E-state index contributed by atoms with van der Waals surface area (Å²) in [5.41, 5.74) is 0. The van der Waals surface area contributed by atoms with Gasteiger partial charge in [-0.25, -0.2) is 0 Å². The Morgan fingerprint density at radius 1 is 0.269 bits per heavy atom. The van der Waals surface area contributed by atoms with E-state index in [1.165, 1.54) is 167 Å². The van der Waals surface area contributed by atoms with Crippen molar-refractivity contribution >= 4 is 17.9 Å². The van der Waals surface area contributed by atoms with Crippen LogP contribution in [0.4, 0.5) is 0 Å². The van der Waals surface area contributed by atoms with Crippen molar-refractivity contribution in [3.05, 3.63) is 97.2 Å². The van der Waals surface area contributed by atoms with Gasteiger partial charge in [0.2, 0.25) is 0 Å². The van der Waals surface area contributed by atoms with E-state index < -0.39 is 6.10 Å². The number of hydrogen-bond donors (Lipinski definition) is 0. The SMILES string of the molecule is CC/C=C\C/C=C\C/C=C\C/C=C\C/C=C\C/C=C\C/C=C\CCCCCCCCCCCC(=O)OCC(COC(=O)CCCCCCC/C=C\CCCCCC)OC(=O)CCCCCCCCCCCCCCCCCC. The highest BCUT2D eigenvalue weighted by molar-refractivity contribution is 5.71. The Bertz CT molecular complexity index is 1530. The zero-order valence-electron chi connectivity index (χ0n) is 51.4. The standard InChI is InChI=1S/C72H124O6/c1-4-7-10-13-16-19-22-25-27-29-30-31-32-33-34-35-36-37-38-39-40-41-42-43-45-47-50-53-56-59-62-65-71(74)77-68-69(67-76-70(73)64-61-58-55-52-49-46-24-21-18-15-12-9-6-3)78-72(75)66-63-60-57-54-51-48-44-28-26-23-20-17-14-11-8-5-2/h7,10,16,19,21,24-25,27,30-31,33-34,36-37,39-40,69H,4-6,8-9,11-15,17-18,20,22-23,26,28-29,32,35,38,41-68H2,1-3H3/b10-7-,19-16-,24-21-,27-25-,31-30-,34-33-,37-36-,40-39-. The van der Waals surface area contributed by atoms with Crippen molar-refractivity contribution in [3.8, 4) is 0 Å². The Labute approximate surface area is 483 Å². The average molecular weight is 1090 g/mol. The van der Waals surface area contributed by atoms with E-state index in [0.29, 0.717) is 19.3 Å². The van der Waals surface area contributed by atoms with Crippen molar-refractivity contribution < 1.29 is 28.6 Å². The van der Waals surface area contributed by atoms with Gasteiger partial charge in [0.15, 0.2) is 6.10 Å². The molecule has 0 aliphatic heterocycles. The van der Waals surface area contributed by atoms with Crippen LogP contribution in [0, 0.1) is 0 Å². The number of ether oxygens (including phenoxy) is 3. The second-order valence-corrected chi connectivity index (χ2v) is 22.0. The summed E-state index contributed by atoms with van der Waals surface area (Å²) in [6, 6.07) is 0. The molecule has 0 heterocycles. The Morgan fingerprint density at radius 3 is 0.808 bits per heavy atom. The fraction of sp³-hybridized carbons (Fsp3) is 0.736. The molecule has 0 aromatic carbocycles. The van der Waals surface area contributed by atoms with Gasteiger partial charge in [0.25, 0.3) is 0 Å². The third kappa shape index (κ3) is 63.2. The van der Waals surface area contributed by atoms with E-state index in [2.05, 4.69) is 118 Å². The van der Waals surface area contributed by atoms with Gasteiger partial charge in [-0.05, 0) is 103 Å². The molecular formula is C72H124O6. The third-order valence-electron chi connectivity index (χ3n) is 14.3. The molecule has 0 rings (SSSR count). The Morgan fingerprint density at radius 2 is 0.500 bits per heavy atom. The van der Waals surface area contributed by atoms with Gasteiger partial charge < -0.3 is 14.2 Å². The van der Waals surface area contributed by atoms with Crippen molar-refractivity contribution in [2.45, 2.75) is 329 Å². The first-order valence-corrected chi connectivity index (χ1v) is 33.2. The van der Waals surface area contributed by atoms with Crippen LogP contribution in [0.5, 0.6) is 0 Å². The average Bonchev–Trinajstić information content (AvgIpc) is 3.44. The van der Waals surface area contributed by atoms with E-state index in [4.69, 9.17) is 14.2 Å². The maximum atomic E-state index is 12.9. The number of esters is 3. The predicted molar refractivity (Wildman–Crippen MR) is 339 cm³/mol. The topological polar surface area (TPSA) is 78.9 Å². The van der Waals surface area contributed by atoms with Gasteiger partial charge >= 0.3 is 17.9 Å². The number of carbonyl (C=O) groups is 3. The van der Waals surface area contributed by atoms with Crippen LogP contribution in [-0.4, -0.2) is 37.2 Å². The Kier molecular flexibility index (Phi) is 62.7. The minimum atomic E-state index is -0.782. The first kappa shape index (κ1) is 74.3. The van der Waals surface area contributed by atoms with Crippen molar-refractivity contribution in [1.29, 1.82) is 0 Å². The molecule has 6 nitrogen and oxygen atoms in total. The summed E-state index contributed by atoms with van der Waals surface area (Å²) >= 11 is 0. The highest BCUT2D eigenvalue weighted by Gasteiger charge is 2.19. The fourth-order valence-electron chi connectivity index (χ4n) is 9.36. The zero-order valence-corrected chi connectivity index (χ0v) is 51.4. The van der Waals surface area contributed by atoms with Crippen LogP contribution < -0.4 is 0 Å². The summed E-state index contributed by atoms with van der Waals surface area (Å²) in [5, 5.41) is 0. The first-order chi connectivity index (χ1) is 38.5. The third-order valence-corrected chi connectivity index (χ3v) is 14.3. The molecule has 0 aliphatic rings. The van der Waals surface area contributed by atoms with Gasteiger partial charge in [0, 0.05) is 19.3 Å². The number of unbranched alkanes of at least 4 members (excludes halogenated alkanes) is 33. The molecule has 448 valence electrons. The Hall–Kier alpha value is -3.67. The molecule has 0 radical (unpaired) electrons. The van der Waals surface area contributed by atoms with Gasteiger partial charge in [-0.1, -0.05) is 298 Å². The van der Waals surface area contributed by atoms with Crippen LogP contribution in [-0.2, 0) is 28.6 Å². The minimum Gasteiger partial charge on any atom is -0.462 e. The van der Waals surface area contributed by atoms with Crippen LogP contribution >= 0.6 is 0 Å². The highest BCUT2D eigenvalue weighted by Crippen LogP contribution is 2.17. The predicted octanol–water partition coefficient (Wildman–Crippen LogP) is 22.8. The minimum absolute atomic E-state index is 0.0800. The number of allylic oxidation sites excluding steroid dienone is 16. The van der Waals surface area contributed by atoms with E-state index in [-0.39, 0.29) is 31.1 Å². The van der Waals surface area contributed by atoms with Crippen LogP contribution in [0.2, 0.25) is 0 Å². The lowest BCUT2D eigenvalue weighted by Gasteiger charge is -2.18. The van der Waals surface area contributed by atoms with Crippen molar-refractivity contribution in [3.63, 3.8) is 0 Å². The molecule has 0 bridgehead atoms. The van der Waals surface area contributed by atoms with E-state index in [1.54, 1.807) is 0 Å². The molecule has 1 unspecified atom stereocenters. The van der Waals surface area contributed by atoms with E-state index in [0.717, 1.165) is 116 Å². The lowest BCUT2D eigenvalue weighted by Crippen LogP contribution is -2.30. The number of rotatable bonds is 60. The molecule has 78 heavy (non-hydrogen) atoms. The maximum absolute atomic E-state index is 12.9. The molecule has 0 N–H and O–H groups in total. The maximum Gasteiger partial charge on any atom is 0.306 e. The zero-order chi connectivity index (χ0) is 56.4. The quantitative estimate of drug-likeness (QED) is 0.0261. The fourth-order valence-corrected chi connectivity index (χ4v) is 9.36. The smallest absolute Gasteiger partial charge is 0.306 e. The molecule has 0 saturated carbocycles. The monoisotopic (exact) mass is 1080 g/mol. The second-order valence-electron chi connectivity index (χ2n) is 22.0. The Balaban J connectivity index is 4.26. The molecule has 0 aromatic rings. The summed E-state index contributed by atoms with van der Waals surface area (Å²) in [5.74, 6) is -0.880. The lowest BCUT2D eigenvalue weighted by atomic mass is 10.0.